The maximum absolute atomic E-state index is 13.0. The summed E-state index contributed by atoms with van der Waals surface area (Å²) < 4.78 is 0. The van der Waals surface area contributed by atoms with Crippen LogP contribution in [0.25, 0.3) is 0 Å². The van der Waals surface area contributed by atoms with Crippen LogP contribution in [0.3, 0.4) is 0 Å². The van der Waals surface area contributed by atoms with Gasteiger partial charge in [0.1, 0.15) is 16.7 Å². The molecule has 6 heteroatoms. The van der Waals surface area contributed by atoms with Crippen molar-refractivity contribution in [1.29, 1.82) is 5.26 Å². The quantitative estimate of drug-likeness (QED) is 0.573. The summed E-state index contributed by atoms with van der Waals surface area (Å²) in [5.41, 5.74) is 3.84. The number of nitriles is 1. The first-order valence-corrected chi connectivity index (χ1v) is 10.6. The van der Waals surface area contributed by atoms with E-state index in [1.165, 1.54) is 23.0 Å². The maximum Gasteiger partial charge on any atom is 0.190 e. The van der Waals surface area contributed by atoms with Crippen LogP contribution in [0.2, 0.25) is 0 Å². The third kappa shape index (κ3) is 3.89. The summed E-state index contributed by atoms with van der Waals surface area (Å²) in [6, 6.07) is 18.6. The van der Waals surface area contributed by atoms with Gasteiger partial charge in [-0.05, 0) is 30.7 Å². The number of carbonyl (C=O) groups is 1. The van der Waals surface area contributed by atoms with Crippen molar-refractivity contribution >= 4 is 28.9 Å². The van der Waals surface area contributed by atoms with Crippen LogP contribution in [0, 0.1) is 18.3 Å². The first-order chi connectivity index (χ1) is 14.1. The molecule has 148 valence electrons. The van der Waals surface area contributed by atoms with Crippen molar-refractivity contribution in [2.75, 3.05) is 49.6 Å². The Morgan fingerprint density at radius 2 is 1.69 bits per heavy atom. The van der Waals surface area contributed by atoms with Gasteiger partial charge in [-0.15, -0.1) is 0 Å². The third-order valence-electron chi connectivity index (χ3n) is 5.54. The number of anilines is 2. The SMILES string of the molecule is Cc1ccccc1N1CCN(CC(=O)/C(C#N)=C2\Sc3ccccc3N2C)CC1. The Morgan fingerprint density at radius 3 is 2.34 bits per heavy atom. The molecule has 2 aliphatic rings. The number of aryl methyl sites for hydroxylation is 1. The van der Waals surface area contributed by atoms with Gasteiger partial charge < -0.3 is 9.80 Å². The zero-order valence-corrected chi connectivity index (χ0v) is 17.6. The Morgan fingerprint density at radius 1 is 1.03 bits per heavy atom. The highest BCUT2D eigenvalue weighted by molar-refractivity contribution is 8.03. The van der Waals surface area contributed by atoms with Crippen molar-refractivity contribution in [2.45, 2.75) is 11.8 Å². The number of benzene rings is 2. The molecule has 2 aromatic rings. The van der Waals surface area contributed by atoms with Crippen LogP contribution < -0.4 is 9.80 Å². The third-order valence-corrected chi connectivity index (χ3v) is 6.77. The van der Waals surface area contributed by atoms with Gasteiger partial charge in [0.25, 0.3) is 0 Å². The average molecular weight is 405 g/mol. The molecule has 0 N–H and O–H groups in total. The Bertz CT molecular complexity index is 1000. The van der Waals surface area contributed by atoms with Gasteiger partial charge in [0.2, 0.25) is 0 Å². The second-order valence-electron chi connectivity index (χ2n) is 7.39. The molecule has 0 amide bonds. The smallest absolute Gasteiger partial charge is 0.190 e. The Labute approximate surface area is 176 Å². The number of ketones is 1. The van der Waals surface area contributed by atoms with E-state index in [-0.39, 0.29) is 11.4 Å². The maximum atomic E-state index is 13.0. The number of thioether (sulfide) groups is 1. The highest BCUT2D eigenvalue weighted by Gasteiger charge is 2.29. The predicted octanol–water partition coefficient (Wildman–Crippen LogP) is 3.66. The molecule has 0 unspecified atom stereocenters. The minimum atomic E-state index is -0.0982. The number of Topliss-reactive ketones (excluding diaryl/α,β-unsaturated/α-hetero) is 1. The number of piperazine rings is 1. The molecule has 5 nitrogen and oxygen atoms in total. The molecule has 29 heavy (non-hydrogen) atoms. The molecule has 2 aliphatic heterocycles. The van der Waals surface area contributed by atoms with Crippen LogP contribution in [-0.2, 0) is 4.79 Å². The van der Waals surface area contributed by atoms with E-state index in [1.54, 1.807) is 0 Å². The summed E-state index contributed by atoms with van der Waals surface area (Å²) >= 11 is 1.50. The van der Waals surface area contributed by atoms with Gasteiger partial charge in [0, 0.05) is 43.8 Å². The molecule has 2 aromatic carbocycles. The van der Waals surface area contributed by atoms with E-state index in [4.69, 9.17) is 0 Å². The fraction of sp³-hybridized carbons (Fsp3) is 0.304. The zero-order chi connectivity index (χ0) is 20.4. The molecule has 0 atom stereocenters. The van der Waals surface area contributed by atoms with E-state index in [2.05, 4.69) is 47.1 Å². The lowest BCUT2D eigenvalue weighted by atomic mass is 10.1. The first kappa shape index (κ1) is 19.6. The van der Waals surface area contributed by atoms with Crippen molar-refractivity contribution in [1.82, 2.24) is 4.90 Å². The highest BCUT2D eigenvalue weighted by Crippen LogP contribution is 2.46. The molecular weight excluding hydrogens is 380 g/mol. The molecule has 0 aliphatic carbocycles. The van der Waals surface area contributed by atoms with Crippen LogP contribution in [-0.4, -0.2) is 50.5 Å². The van der Waals surface area contributed by atoms with Gasteiger partial charge in [-0.3, -0.25) is 9.69 Å². The van der Waals surface area contributed by atoms with E-state index >= 15 is 0 Å². The fourth-order valence-electron chi connectivity index (χ4n) is 3.90. The minimum Gasteiger partial charge on any atom is -0.369 e. The van der Waals surface area contributed by atoms with Crippen LogP contribution in [0.15, 0.2) is 64.0 Å². The Hall–Kier alpha value is -2.75. The van der Waals surface area contributed by atoms with Crippen molar-refractivity contribution in [3.8, 4) is 6.07 Å². The van der Waals surface area contributed by atoms with E-state index in [0.717, 1.165) is 41.8 Å². The Balaban J connectivity index is 1.42. The lowest BCUT2D eigenvalue weighted by Crippen LogP contribution is -2.48. The normalized spacial score (nSPS) is 18.4. The van der Waals surface area contributed by atoms with Crippen LogP contribution in [0.4, 0.5) is 11.4 Å². The van der Waals surface area contributed by atoms with Crippen molar-refractivity contribution in [2.24, 2.45) is 0 Å². The number of carbonyl (C=O) groups excluding carboxylic acids is 1. The van der Waals surface area contributed by atoms with Crippen molar-refractivity contribution in [3.63, 3.8) is 0 Å². The first-order valence-electron chi connectivity index (χ1n) is 9.79. The molecule has 1 saturated heterocycles. The Kier molecular flexibility index (Phi) is 5.61. The molecule has 0 spiro atoms. The lowest BCUT2D eigenvalue weighted by Gasteiger charge is -2.36. The van der Waals surface area contributed by atoms with Crippen LogP contribution in [0.1, 0.15) is 5.56 Å². The molecule has 0 radical (unpaired) electrons. The summed E-state index contributed by atoms with van der Waals surface area (Å²) in [6.07, 6.45) is 0. The molecule has 0 bridgehead atoms. The number of para-hydroxylation sites is 2. The number of hydrogen-bond acceptors (Lipinski definition) is 6. The predicted molar refractivity (Wildman–Crippen MR) is 118 cm³/mol. The van der Waals surface area contributed by atoms with Gasteiger partial charge in [-0.2, -0.15) is 5.26 Å². The van der Waals surface area contributed by atoms with Gasteiger partial charge in [0.05, 0.1) is 12.2 Å². The van der Waals surface area contributed by atoms with E-state index < -0.39 is 0 Å². The minimum absolute atomic E-state index is 0.0982. The molecular formula is C23H24N4OS. The van der Waals surface area contributed by atoms with Crippen molar-refractivity contribution in [3.05, 3.63) is 64.7 Å². The number of hydrogen-bond donors (Lipinski definition) is 0. The van der Waals surface area contributed by atoms with Crippen LogP contribution >= 0.6 is 11.8 Å². The second kappa shape index (κ2) is 8.32. The topological polar surface area (TPSA) is 50.6 Å². The standard InChI is InChI=1S/C23H24N4OS/c1-17-7-3-4-8-19(17)27-13-11-26(12-14-27)16-21(28)18(15-24)23-25(2)20-9-5-6-10-22(20)29-23/h3-10H,11-14,16H2,1-2H3/b23-18-. The second-order valence-corrected chi connectivity index (χ2v) is 8.42. The van der Waals surface area contributed by atoms with Crippen LogP contribution in [0.5, 0.6) is 0 Å². The fourth-order valence-corrected chi connectivity index (χ4v) is 5.06. The van der Waals surface area contributed by atoms with Gasteiger partial charge in [0.15, 0.2) is 5.78 Å². The number of nitrogens with zero attached hydrogens (tertiary/aromatic N) is 4. The summed E-state index contributed by atoms with van der Waals surface area (Å²) in [5.74, 6) is -0.0982. The number of fused-ring (bicyclic) bond motifs is 1. The van der Waals surface area contributed by atoms with E-state index in [0.29, 0.717) is 6.54 Å². The van der Waals surface area contributed by atoms with Gasteiger partial charge in [-0.25, -0.2) is 0 Å². The molecule has 2 heterocycles. The van der Waals surface area contributed by atoms with E-state index in [9.17, 15) is 10.1 Å². The largest absolute Gasteiger partial charge is 0.369 e. The molecule has 4 rings (SSSR count). The summed E-state index contributed by atoms with van der Waals surface area (Å²) in [6.45, 7) is 5.82. The summed E-state index contributed by atoms with van der Waals surface area (Å²) in [7, 11) is 1.92. The lowest BCUT2D eigenvalue weighted by molar-refractivity contribution is -0.116. The van der Waals surface area contributed by atoms with Gasteiger partial charge >= 0.3 is 0 Å². The monoisotopic (exact) mass is 404 g/mol. The van der Waals surface area contributed by atoms with E-state index in [1.807, 2.05) is 36.2 Å². The highest BCUT2D eigenvalue weighted by atomic mass is 32.2. The average Bonchev–Trinajstić information content (AvgIpc) is 3.06. The number of rotatable bonds is 4. The molecule has 1 fully saturated rings. The summed E-state index contributed by atoms with van der Waals surface area (Å²) in [5, 5.41) is 10.4. The van der Waals surface area contributed by atoms with Crippen molar-refractivity contribution < 1.29 is 4.79 Å². The summed E-state index contributed by atoms with van der Waals surface area (Å²) in [4.78, 5) is 20.5. The molecule has 0 aromatic heterocycles. The molecule has 0 saturated carbocycles. The van der Waals surface area contributed by atoms with Gasteiger partial charge in [-0.1, -0.05) is 42.1 Å². The zero-order valence-electron chi connectivity index (χ0n) is 16.8.